The maximum atomic E-state index is 12.6. The normalized spacial score (nSPS) is 15.8. The van der Waals surface area contributed by atoms with Gasteiger partial charge in [0, 0.05) is 24.2 Å². The summed E-state index contributed by atoms with van der Waals surface area (Å²) in [5.74, 6) is 2.05. The molecule has 4 heterocycles. The second-order valence-electron chi connectivity index (χ2n) is 8.90. The number of morpholine rings is 1. The van der Waals surface area contributed by atoms with Crippen molar-refractivity contribution < 1.29 is 14.3 Å². The summed E-state index contributed by atoms with van der Waals surface area (Å²) in [6, 6.07) is 7.31. The molecule has 0 unspecified atom stereocenters. The third-order valence-electron chi connectivity index (χ3n) is 6.69. The number of benzene rings is 1. The monoisotopic (exact) mass is 521 g/mol. The van der Waals surface area contributed by atoms with E-state index in [1.165, 1.54) is 41.1 Å². The number of carbonyl (C=O) groups excluding carboxylic acids is 1. The Kier molecular flexibility index (Phi) is 6.64. The van der Waals surface area contributed by atoms with E-state index in [0.717, 1.165) is 76.5 Å². The highest BCUT2D eigenvalue weighted by Crippen LogP contribution is 2.43. The van der Waals surface area contributed by atoms with Gasteiger partial charge in [0.15, 0.2) is 0 Å². The maximum Gasteiger partial charge on any atom is 0.234 e. The minimum absolute atomic E-state index is 0.0804. The summed E-state index contributed by atoms with van der Waals surface area (Å²) in [6.07, 6.45) is 6.10. The molecule has 4 aromatic rings. The fraction of sp³-hybridized carbons (Fsp3) is 0.385. The summed E-state index contributed by atoms with van der Waals surface area (Å²) in [7, 11) is 1.62. The Morgan fingerprint density at radius 1 is 1.14 bits per heavy atom. The molecule has 0 bridgehead atoms. The standard InChI is InChI=1S/C26H27N5O3S2/c1-33-17-8-6-16(7-9-17)29-20(32)14-35-26-23-22(27-15-28-26)21-18-4-2-3-5-19(18)24(30-25(21)36-23)31-10-12-34-13-11-31/h6-9,15H,2-5,10-14H2,1H3,(H,29,32). The minimum Gasteiger partial charge on any atom is -0.497 e. The van der Waals surface area contributed by atoms with Crippen molar-refractivity contribution in [3.8, 4) is 5.75 Å². The lowest BCUT2D eigenvalue weighted by Crippen LogP contribution is -2.37. The summed E-state index contributed by atoms with van der Waals surface area (Å²) < 4.78 is 11.8. The third-order valence-corrected chi connectivity index (χ3v) is 8.89. The van der Waals surface area contributed by atoms with Gasteiger partial charge in [-0.05, 0) is 61.1 Å². The number of carbonyl (C=O) groups is 1. The van der Waals surface area contributed by atoms with E-state index in [2.05, 4.69) is 15.2 Å². The zero-order valence-electron chi connectivity index (χ0n) is 20.1. The lowest BCUT2D eigenvalue weighted by atomic mass is 9.90. The number of ether oxygens (including phenoxy) is 2. The molecule has 36 heavy (non-hydrogen) atoms. The van der Waals surface area contributed by atoms with Crippen molar-refractivity contribution in [3.63, 3.8) is 0 Å². The molecule has 1 saturated heterocycles. The molecule has 1 aromatic carbocycles. The molecule has 1 N–H and O–H groups in total. The quantitative estimate of drug-likeness (QED) is 0.289. The third kappa shape index (κ3) is 4.49. The predicted octanol–water partition coefficient (Wildman–Crippen LogP) is 4.69. The minimum atomic E-state index is -0.0804. The number of aromatic nitrogens is 3. The lowest BCUT2D eigenvalue weighted by molar-refractivity contribution is -0.113. The first-order valence-electron chi connectivity index (χ1n) is 12.2. The van der Waals surface area contributed by atoms with Crippen LogP contribution in [-0.4, -0.2) is 60.0 Å². The summed E-state index contributed by atoms with van der Waals surface area (Å²) in [5, 5.41) is 4.94. The fourth-order valence-electron chi connectivity index (χ4n) is 4.96. The molecular formula is C26H27N5O3S2. The van der Waals surface area contributed by atoms with E-state index in [1.807, 2.05) is 24.3 Å². The van der Waals surface area contributed by atoms with Crippen molar-refractivity contribution in [2.45, 2.75) is 30.7 Å². The first-order chi connectivity index (χ1) is 17.7. The molecule has 2 aliphatic rings. The average Bonchev–Trinajstić information content (AvgIpc) is 3.32. The molecular weight excluding hydrogens is 494 g/mol. The first kappa shape index (κ1) is 23.4. The van der Waals surface area contributed by atoms with E-state index < -0.39 is 0 Å². The van der Waals surface area contributed by atoms with Gasteiger partial charge in [0.25, 0.3) is 0 Å². The molecule has 1 aliphatic heterocycles. The van der Waals surface area contributed by atoms with Crippen molar-refractivity contribution in [1.82, 2.24) is 15.0 Å². The van der Waals surface area contributed by atoms with Crippen LogP contribution in [0.25, 0.3) is 20.4 Å². The second kappa shape index (κ2) is 10.2. The van der Waals surface area contributed by atoms with Gasteiger partial charge >= 0.3 is 0 Å². The number of aryl methyl sites for hydroxylation is 1. The van der Waals surface area contributed by atoms with Gasteiger partial charge in [-0.1, -0.05) is 11.8 Å². The van der Waals surface area contributed by atoms with Crippen LogP contribution < -0.4 is 15.0 Å². The van der Waals surface area contributed by atoms with Crippen molar-refractivity contribution in [2.24, 2.45) is 0 Å². The van der Waals surface area contributed by atoms with Crippen LogP contribution in [0.2, 0.25) is 0 Å². The van der Waals surface area contributed by atoms with Gasteiger partial charge in [-0.15, -0.1) is 11.3 Å². The molecule has 1 aliphatic carbocycles. The van der Waals surface area contributed by atoms with E-state index in [0.29, 0.717) is 0 Å². The van der Waals surface area contributed by atoms with Crippen LogP contribution >= 0.6 is 23.1 Å². The molecule has 1 fully saturated rings. The van der Waals surface area contributed by atoms with Crippen LogP contribution in [-0.2, 0) is 22.4 Å². The molecule has 0 saturated carbocycles. The van der Waals surface area contributed by atoms with Crippen molar-refractivity contribution in [2.75, 3.05) is 49.4 Å². The number of methoxy groups -OCH3 is 1. The zero-order chi connectivity index (χ0) is 24.5. The Labute approximate surface area is 217 Å². The number of amides is 1. The van der Waals surface area contributed by atoms with Crippen LogP contribution in [0, 0.1) is 0 Å². The van der Waals surface area contributed by atoms with Gasteiger partial charge in [-0.2, -0.15) is 0 Å². The second-order valence-corrected chi connectivity index (χ2v) is 10.9. The largest absolute Gasteiger partial charge is 0.497 e. The number of nitrogens with zero attached hydrogens (tertiary/aromatic N) is 4. The number of thiophene rings is 1. The number of fused-ring (bicyclic) bond motifs is 5. The number of hydrogen-bond acceptors (Lipinski definition) is 9. The summed E-state index contributed by atoms with van der Waals surface area (Å²) in [5.41, 5.74) is 4.47. The highest BCUT2D eigenvalue weighted by molar-refractivity contribution is 8.00. The Hall–Kier alpha value is -2.95. The number of anilines is 2. The lowest BCUT2D eigenvalue weighted by Gasteiger charge is -2.31. The molecule has 0 atom stereocenters. The SMILES string of the molecule is COc1ccc(NC(=O)CSc2ncnc3c2sc2nc(N4CCOCC4)c4c(c23)CCCC4)cc1. The van der Waals surface area contributed by atoms with Crippen molar-refractivity contribution >= 4 is 60.9 Å². The Morgan fingerprint density at radius 2 is 1.92 bits per heavy atom. The molecule has 3 aromatic heterocycles. The molecule has 0 spiro atoms. The van der Waals surface area contributed by atoms with E-state index in [1.54, 1.807) is 24.8 Å². The predicted molar refractivity (Wildman–Crippen MR) is 145 cm³/mol. The topological polar surface area (TPSA) is 89.5 Å². The Morgan fingerprint density at radius 3 is 2.69 bits per heavy atom. The smallest absolute Gasteiger partial charge is 0.234 e. The fourth-order valence-corrected chi connectivity index (χ4v) is 6.99. The number of rotatable bonds is 6. The Bertz CT molecular complexity index is 1420. The average molecular weight is 522 g/mol. The summed E-state index contributed by atoms with van der Waals surface area (Å²) >= 11 is 3.08. The first-order valence-corrected chi connectivity index (χ1v) is 14.0. The molecule has 186 valence electrons. The van der Waals surface area contributed by atoms with E-state index in [9.17, 15) is 4.79 Å². The van der Waals surface area contributed by atoms with E-state index in [4.69, 9.17) is 19.4 Å². The molecule has 6 rings (SSSR count). The van der Waals surface area contributed by atoms with Crippen LogP contribution in [0.5, 0.6) is 5.75 Å². The van der Waals surface area contributed by atoms with Crippen LogP contribution in [0.15, 0.2) is 35.6 Å². The van der Waals surface area contributed by atoms with Gasteiger partial charge in [-0.25, -0.2) is 15.0 Å². The van der Waals surface area contributed by atoms with Crippen molar-refractivity contribution in [1.29, 1.82) is 0 Å². The van der Waals surface area contributed by atoms with Gasteiger partial charge in [0.1, 0.15) is 27.8 Å². The van der Waals surface area contributed by atoms with Crippen LogP contribution in [0.3, 0.4) is 0 Å². The van der Waals surface area contributed by atoms with Gasteiger partial charge in [0.2, 0.25) is 5.91 Å². The summed E-state index contributed by atoms with van der Waals surface area (Å²) in [4.78, 5) is 30.4. The highest BCUT2D eigenvalue weighted by atomic mass is 32.2. The molecule has 10 heteroatoms. The molecule has 1 amide bonds. The van der Waals surface area contributed by atoms with Gasteiger partial charge in [0.05, 0.1) is 36.3 Å². The van der Waals surface area contributed by atoms with Gasteiger partial charge < -0.3 is 19.7 Å². The number of hydrogen-bond donors (Lipinski definition) is 1. The summed E-state index contributed by atoms with van der Waals surface area (Å²) in [6.45, 7) is 3.23. The number of pyridine rings is 1. The van der Waals surface area contributed by atoms with Crippen LogP contribution in [0.1, 0.15) is 24.0 Å². The van der Waals surface area contributed by atoms with Crippen LogP contribution in [0.4, 0.5) is 11.5 Å². The highest BCUT2D eigenvalue weighted by Gasteiger charge is 2.26. The maximum absolute atomic E-state index is 12.6. The van der Waals surface area contributed by atoms with Gasteiger partial charge in [-0.3, -0.25) is 4.79 Å². The molecule has 8 nitrogen and oxygen atoms in total. The van der Waals surface area contributed by atoms with Crippen molar-refractivity contribution in [3.05, 3.63) is 41.7 Å². The van der Waals surface area contributed by atoms with E-state index in [-0.39, 0.29) is 11.7 Å². The van der Waals surface area contributed by atoms with E-state index >= 15 is 0 Å². The number of nitrogens with one attached hydrogen (secondary N) is 1. The molecule has 0 radical (unpaired) electrons. The zero-order valence-corrected chi connectivity index (χ0v) is 21.7. The Balaban J connectivity index is 1.30. The number of thioether (sulfide) groups is 1.